The second-order valence-corrected chi connectivity index (χ2v) is 4.78. The normalized spacial score (nSPS) is 25.0. The third kappa shape index (κ3) is 1.95. The van der Waals surface area contributed by atoms with Crippen molar-refractivity contribution in [1.29, 1.82) is 0 Å². The fourth-order valence-corrected chi connectivity index (χ4v) is 2.61. The highest BCUT2D eigenvalue weighted by Gasteiger charge is 2.41. The van der Waals surface area contributed by atoms with E-state index in [0.717, 1.165) is 12.2 Å². The van der Waals surface area contributed by atoms with E-state index in [2.05, 4.69) is 5.10 Å². The molecule has 1 aromatic heterocycles. The Hall–Kier alpha value is -1.36. The lowest BCUT2D eigenvalue weighted by atomic mass is 10.1. The molecule has 2 N–H and O–H groups in total. The van der Waals surface area contributed by atoms with Crippen molar-refractivity contribution in [3.63, 3.8) is 0 Å². The maximum Gasteiger partial charge on any atom is 0.225 e. The van der Waals surface area contributed by atoms with Gasteiger partial charge in [0.2, 0.25) is 5.91 Å². The van der Waals surface area contributed by atoms with Gasteiger partial charge in [-0.1, -0.05) is 0 Å². The van der Waals surface area contributed by atoms with Gasteiger partial charge in [-0.05, 0) is 26.8 Å². The van der Waals surface area contributed by atoms with Crippen LogP contribution in [0, 0.1) is 0 Å². The number of nitrogens with two attached hydrogens (primary N) is 1. The third-order valence-electron chi connectivity index (χ3n) is 3.31. The highest BCUT2D eigenvalue weighted by atomic mass is 16.2. The van der Waals surface area contributed by atoms with Gasteiger partial charge in [-0.3, -0.25) is 9.48 Å². The average molecular weight is 236 g/mol. The summed E-state index contributed by atoms with van der Waals surface area (Å²) in [4.78, 5) is 13.8. The van der Waals surface area contributed by atoms with Gasteiger partial charge in [0, 0.05) is 31.2 Å². The predicted octanol–water partition coefficient (Wildman–Crippen LogP) is 0.912. The van der Waals surface area contributed by atoms with Crippen LogP contribution in [0.5, 0.6) is 0 Å². The van der Waals surface area contributed by atoms with Crippen LogP contribution >= 0.6 is 0 Å². The first-order chi connectivity index (χ1) is 8.06. The van der Waals surface area contributed by atoms with E-state index in [0.29, 0.717) is 6.42 Å². The Bertz CT molecular complexity index is 412. The molecular weight excluding hydrogens is 216 g/mol. The Labute approximate surface area is 102 Å². The minimum Gasteiger partial charge on any atom is -0.330 e. The number of rotatable bonds is 3. The van der Waals surface area contributed by atoms with Crippen molar-refractivity contribution in [2.75, 3.05) is 0 Å². The van der Waals surface area contributed by atoms with Gasteiger partial charge in [0.15, 0.2) is 0 Å². The van der Waals surface area contributed by atoms with Gasteiger partial charge in [-0.25, -0.2) is 0 Å². The SMILES string of the molecule is CCn1nccc1C1C(N)CC(=O)N1C(C)C. The van der Waals surface area contributed by atoms with Crippen molar-refractivity contribution in [3.8, 4) is 0 Å². The molecule has 2 atom stereocenters. The van der Waals surface area contributed by atoms with Crippen LogP contribution in [0.25, 0.3) is 0 Å². The van der Waals surface area contributed by atoms with Crippen LogP contribution in [0.4, 0.5) is 0 Å². The van der Waals surface area contributed by atoms with E-state index in [1.54, 1.807) is 6.20 Å². The molecule has 94 valence electrons. The molecule has 1 aromatic rings. The molecule has 0 bridgehead atoms. The molecule has 1 saturated heterocycles. The number of aromatic nitrogens is 2. The standard InChI is InChI=1S/C12H20N4O/c1-4-15-10(5-6-14-15)12-9(13)7-11(17)16(12)8(2)3/h5-6,8-9,12H,4,7,13H2,1-3H3. The van der Waals surface area contributed by atoms with Gasteiger partial charge >= 0.3 is 0 Å². The van der Waals surface area contributed by atoms with Crippen LogP contribution in [0.1, 0.15) is 38.9 Å². The quantitative estimate of drug-likeness (QED) is 0.848. The van der Waals surface area contributed by atoms with E-state index < -0.39 is 0 Å². The molecule has 17 heavy (non-hydrogen) atoms. The molecule has 0 spiro atoms. The molecule has 5 heteroatoms. The Morgan fingerprint density at radius 2 is 2.29 bits per heavy atom. The van der Waals surface area contributed by atoms with Crippen LogP contribution in [0.3, 0.4) is 0 Å². The molecule has 2 unspecified atom stereocenters. The summed E-state index contributed by atoms with van der Waals surface area (Å²) in [5, 5.41) is 4.26. The van der Waals surface area contributed by atoms with E-state index >= 15 is 0 Å². The summed E-state index contributed by atoms with van der Waals surface area (Å²) in [6.07, 6.45) is 2.20. The summed E-state index contributed by atoms with van der Waals surface area (Å²) in [5.41, 5.74) is 7.15. The molecule has 0 aromatic carbocycles. The molecule has 0 saturated carbocycles. The maximum atomic E-state index is 11.9. The molecular formula is C12H20N4O. The highest BCUT2D eigenvalue weighted by molar-refractivity contribution is 5.80. The molecule has 1 fully saturated rings. The van der Waals surface area contributed by atoms with E-state index in [-0.39, 0.29) is 24.0 Å². The van der Waals surface area contributed by atoms with Gasteiger partial charge in [0.1, 0.15) is 0 Å². The molecule has 0 aliphatic carbocycles. The molecule has 1 aliphatic heterocycles. The van der Waals surface area contributed by atoms with Gasteiger partial charge < -0.3 is 10.6 Å². The lowest BCUT2D eigenvalue weighted by molar-refractivity contribution is -0.130. The molecule has 2 heterocycles. The van der Waals surface area contributed by atoms with Crippen molar-refractivity contribution < 1.29 is 4.79 Å². The number of likely N-dealkylation sites (tertiary alicyclic amines) is 1. The van der Waals surface area contributed by atoms with Crippen LogP contribution in [0.15, 0.2) is 12.3 Å². The first kappa shape index (κ1) is 12.1. The molecule has 5 nitrogen and oxygen atoms in total. The predicted molar refractivity (Wildman–Crippen MR) is 65.2 cm³/mol. The summed E-state index contributed by atoms with van der Waals surface area (Å²) >= 11 is 0. The topological polar surface area (TPSA) is 64.2 Å². The monoisotopic (exact) mass is 236 g/mol. The molecule has 0 radical (unpaired) electrons. The van der Waals surface area contributed by atoms with Crippen molar-refractivity contribution in [2.24, 2.45) is 5.73 Å². The van der Waals surface area contributed by atoms with E-state index in [1.807, 2.05) is 36.4 Å². The first-order valence-corrected chi connectivity index (χ1v) is 6.14. The summed E-state index contributed by atoms with van der Waals surface area (Å²) in [6, 6.07) is 1.96. The fraction of sp³-hybridized carbons (Fsp3) is 0.667. The lowest BCUT2D eigenvalue weighted by Crippen LogP contribution is -2.38. The van der Waals surface area contributed by atoms with Crippen molar-refractivity contribution in [3.05, 3.63) is 18.0 Å². The highest BCUT2D eigenvalue weighted by Crippen LogP contribution is 2.33. The number of carbonyl (C=O) groups is 1. The average Bonchev–Trinajstić information content (AvgIpc) is 2.81. The van der Waals surface area contributed by atoms with Crippen LogP contribution in [0.2, 0.25) is 0 Å². The smallest absolute Gasteiger partial charge is 0.225 e. The zero-order valence-electron chi connectivity index (χ0n) is 10.6. The van der Waals surface area contributed by atoms with Gasteiger partial charge in [0.05, 0.1) is 11.7 Å². The summed E-state index contributed by atoms with van der Waals surface area (Å²) in [7, 11) is 0. The molecule has 1 aliphatic rings. The van der Waals surface area contributed by atoms with E-state index in [9.17, 15) is 4.79 Å². The van der Waals surface area contributed by atoms with Crippen LogP contribution < -0.4 is 5.73 Å². The summed E-state index contributed by atoms with van der Waals surface area (Å²) < 4.78 is 1.92. The van der Waals surface area contributed by atoms with Crippen molar-refractivity contribution in [1.82, 2.24) is 14.7 Å². The number of hydrogen-bond acceptors (Lipinski definition) is 3. The number of carbonyl (C=O) groups excluding carboxylic acids is 1. The Kier molecular flexibility index (Phi) is 3.19. The fourth-order valence-electron chi connectivity index (χ4n) is 2.61. The summed E-state index contributed by atoms with van der Waals surface area (Å²) in [6.45, 7) is 6.88. The van der Waals surface area contributed by atoms with E-state index in [1.165, 1.54) is 0 Å². The van der Waals surface area contributed by atoms with Gasteiger partial charge in [-0.15, -0.1) is 0 Å². The minimum atomic E-state index is -0.133. The van der Waals surface area contributed by atoms with Crippen LogP contribution in [-0.4, -0.2) is 32.7 Å². The maximum absolute atomic E-state index is 11.9. The van der Waals surface area contributed by atoms with Crippen molar-refractivity contribution >= 4 is 5.91 Å². The van der Waals surface area contributed by atoms with E-state index in [4.69, 9.17) is 5.73 Å². The number of nitrogens with zero attached hydrogens (tertiary/aromatic N) is 3. The zero-order valence-corrected chi connectivity index (χ0v) is 10.6. The largest absolute Gasteiger partial charge is 0.330 e. The second-order valence-electron chi connectivity index (χ2n) is 4.78. The second kappa shape index (κ2) is 4.49. The first-order valence-electron chi connectivity index (χ1n) is 6.14. The third-order valence-corrected chi connectivity index (χ3v) is 3.31. The Morgan fingerprint density at radius 3 is 2.88 bits per heavy atom. The van der Waals surface area contributed by atoms with Crippen LogP contribution in [-0.2, 0) is 11.3 Å². The molecule has 2 rings (SSSR count). The summed E-state index contributed by atoms with van der Waals surface area (Å²) in [5.74, 6) is 0.140. The number of hydrogen-bond donors (Lipinski definition) is 1. The van der Waals surface area contributed by atoms with Gasteiger partial charge in [0.25, 0.3) is 0 Å². The Balaban J connectivity index is 2.38. The zero-order chi connectivity index (χ0) is 12.6. The molecule has 1 amide bonds. The van der Waals surface area contributed by atoms with Crippen molar-refractivity contribution in [2.45, 2.75) is 51.9 Å². The Morgan fingerprint density at radius 1 is 1.59 bits per heavy atom. The minimum absolute atomic E-state index is 0.0371. The van der Waals surface area contributed by atoms with Gasteiger partial charge in [-0.2, -0.15) is 5.10 Å². The number of aryl methyl sites for hydroxylation is 1. The number of amides is 1. The lowest BCUT2D eigenvalue weighted by Gasteiger charge is -2.30.